The van der Waals surface area contributed by atoms with E-state index < -0.39 is 0 Å². The lowest BCUT2D eigenvalue weighted by Crippen LogP contribution is -2.49. The Morgan fingerprint density at radius 3 is 1.54 bits per heavy atom. The third kappa shape index (κ3) is 1.76. The lowest BCUT2D eigenvalue weighted by atomic mass is 9.55. The van der Waals surface area contributed by atoms with Crippen LogP contribution in [0.4, 0.5) is 0 Å². The van der Waals surface area contributed by atoms with Gasteiger partial charge in [-0.3, -0.25) is 0 Å². The number of aliphatic hydroxyl groups excluding tert-OH is 1. The Labute approximate surface area is 82.5 Å². The van der Waals surface area contributed by atoms with E-state index in [2.05, 4.69) is 41.5 Å². The predicted molar refractivity (Wildman–Crippen MR) is 56.5 cm³/mol. The van der Waals surface area contributed by atoms with E-state index in [9.17, 15) is 5.11 Å². The smallest absolute Gasteiger partial charge is 0.0601 e. The van der Waals surface area contributed by atoms with Crippen molar-refractivity contribution in [3.8, 4) is 0 Å². The van der Waals surface area contributed by atoms with Crippen LogP contribution >= 0.6 is 0 Å². The second-order valence-corrected chi connectivity index (χ2v) is 6.22. The Balaban J connectivity index is 2.93. The average molecular weight is 184 g/mol. The molecule has 0 bridgehead atoms. The van der Waals surface area contributed by atoms with Gasteiger partial charge in [0.25, 0.3) is 0 Å². The fourth-order valence-corrected chi connectivity index (χ4v) is 2.85. The Bertz CT molecular complexity index is 173. The van der Waals surface area contributed by atoms with Crippen molar-refractivity contribution in [1.29, 1.82) is 0 Å². The summed E-state index contributed by atoms with van der Waals surface area (Å²) < 4.78 is 0. The van der Waals surface area contributed by atoms with Gasteiger partial charge in [0.15, 0.2) is 0 Å². The predicted octanol–water partition coefficient (Wildman–Crippen LogP) is 3.08. The minimum absolute atomic E-state index is 0.140. The molecule has 0 amide bonds. The molecule has 13 heavy (non-hydrogen) atoms. The summed E-state index contributed by atoms with van der Waals surface area (Å²) in [5, 5.41) is 10.1. The summed E-state index contributed by atoms with van der Waals surface area (Å²) in [6.45, 7) is 13.4. The van der Waals surface area contributed by atoms with Gasteiger partial charge in [-0.1, -0.05) is 41.5 Å². The zero-order valence-electron chi connectivity index (χ0n) is 9.89. The van der Waals surface area contributed by atoms with Gasteiger partial charge in [-0.2, -0.15) is 0 Å². The molecular weight excluding hydrogens is 160 g/mol. The first-order valence-corrected chi connectivity index (χ1v) is 5.36. The fourth-order valence-electron chi connectivity index (χ4n) is 2.85. The maximum absolute atomic E-state index is 10.1. The molecule has 1 N–H and O–H groups in total. The lowest BCUT2D eigenvalue weighted by molar-refractivity contribution is -0.0981. The second kappa shape index (κ2) is 2.98. The van der Waals surface area contributed by atoms with Gasteiger partial charge >= 0.3 is 0 Å². The zero-order valence-corrected chi connectivity index (χ0v) is 9.89. The Morgan fingerprint density at radius 1 is 0.923 bits per heavy atom. The molecule has 1 saturated carbocycles. The van der Waals surface area contributed by atoms with Crippen LogP contribution in [0.2, 0.25) is 0 Å². The van der Waals surface area contributed by atoms with Crippen LogP contribution in [0.3, 0.4) is 0 Å². The van der Waals surface area contributed by atoms with E-state index in [0.717, 1.165) is 0 Å². The standard InChI is InChI=1S/C12H24O/c1-8-10(13)9(2)12(5,6)7-11(8,3)4/h8-10,13H,7H2,1-6H3. The van der Waals surface area contributed by atoms with Crippen LogP contribution in [0.25, 0.3) is 0 Å². The molecule has 0 spiro atoms. The number of rotatable bonds is 0. The van der Waals surface area contributed by atoms with E-state index in [4.69, 9.17) is 0 Å². The number of hydrogen-bond donors (Lipinski definition) is 1. The SMILES string of the molecule is CC1C(O)C(C)C(C)(C)CC1(C)C. The van der Waals surface area contributed by atoms with Crippen LogP contribution in [0.1, 0.15) is 48.0 Å². The molecule has 1 fully saturated rings. The van der Waals surface area contributed by atoms with Crippen molar-refractivity contribution in [3.05, 3.63) is 0 Å². The van der Waals surface area contributed by atoms with Crippen molar-refractivity contribution in [2.45, 2.75) is 54.1 Å². The van der Waals surface area contributed by atoms with Crippen molar-refractivity contribution in [3.63, 3.8) is 0 Å². The largest absolute Gasteiger partial charge is 0.393 e. The molecule has 1 aliphatic carbocycles. The van der Waals surface area contributed by atoms with Gasteiger partial charge in [-0.15, -0.1) is 0 Å². The Kier molecular flexibility index (Phi) is 2.53. The van der Waals surface area contributed by atoms with Crippen LogP contribution in [0.5, 0.6) is 0 Å². The zero-order chi connectivity index (χ0) is 10.4. The first kappa shape index (κ1) is 11.0. The molecule has 1 nitrogen and oxygen atoms in total. The summed E-state index contributed by atoms with van der Waals surface area (Å²) in [6, 6.07) is 0. The first-order chi connectivity index (χ1) is 5.68. The molecule has 0 heterocycles. The Hall–Kier alpha value is -0.0400. The summed E-state index contributed by atoms with van der Waals surface area (Å²) in [5.74, 6) is 0.825. The molecule has 0 saturated heterocycles. The minimum Gasteiger partial charge on any atom is -0.393 e. The first-order valence-electron chi connectivity index (χ1n) is 5.36. The highest BCUT2D eigenvalue weighted by Gasteiger charge is 2.47. The molecule has 1 rings (SSSR count). The quantitative estimate of drug-likeness (QED) is 0.613. The second-order valence-electron chi connectivity index (χ2n) is 6.22. The summed E-state index contributed by atoms with van der Waals surface area (Å²) in [6.07, 6.45) is 1.07. The van der Waals surface area contributed by atoms with Crippen LogP contribution in [0, 0.1) is 22.7 Å². The van der Waals surface area contributed by atoms with E-state index in [1.54, 1.807) is 0 Å². The lowest BCUT2D eigenvalue weighted by Gasteiger charge is -2.52. The highest BCUT2D eigenvalue weighted by molar-refractivity contribution is 4.97. The molecule has 0 aromatic heterocycles. The third-order valence-electron chi connectivity index (χ3n) is 4.40. The third-order valence-corrected chi connectivity index (χ3v) is 4.40. The summed E-state index contributed by atoms with van der Waals surface area (Å²) in [7, 11) is 0. The summed E-state index contributed by atoms with van der Waals surface area (Å²) >= 11 is 0. The maximum Gasteiger partial charge on any atom is 0.0601 e. The van der Waals surface area contributed by atoms with Crippen LogP contribution in [0.15, 0.2) is 0 Å². The molecule has 0 aliphatic heterocycles. The monoisotopic (exact) mass is 184 g/mol. The van der Waals surface area contributed by atoms with Crippen molar-refractivity contribution >= 4 is 0 Å². The minimum atomic E-state index is -0.140. The van der Waals surface area contributed by atoms with E-state index in [-0.39, 0.29) is 16.9 Å². The van der Waals surface area contributed by atoms with E-state index in [1.165, 1.54) is 6.42 Å². The van der Waals surface area contributed by atoms with Gasteiger partial charge in [0.1, 0.15) is 0 Å². The molecular formula is C12H24O. The van der Waals surface area contributed by atoms with Crippen LogP contribution in [-0.2, 0) is 0 Å². The van der Waals surface area contributed by atoms with Gasteiger partial charge in [-0.25, -0.2) is 0 Å². The molecule has 2 unspecified atom stereocenters. The molecule has 0 aromatic carbocycles. The number of aliphatic hydroxyl groups is 1. The van der Waals surface area contributed by atoms with Gasteiger partial charge in [0, 0.05) is 0 Å². The molecule has 1 heteroatoms. The van der Waals surface area contributed by atoms with Crippen molar-refractivity contribution in [2.75, 3.05) is 0 Å². The van der Waals surface area contributed by atoms with Gasteiger partial charge < -0.3 is 5.11 Å². The van der Waals surface area contributed by atoms with Crippen LogP contribution in [-0.4, -0.2) is 11.2 Å². The van der Waals surface area contributed by atoms with E-state index in [1.807, 2.05) is 0 Å². The molecule has 2 atom stereocenters. The van der Waals surface area contributed by atoms with Crippen molar-refractivity contribution in [2.24, 2.45) is 22.7 Å². The van der Waals surface area contributed by atoms with Gasteiger partial charge in [0.2, 0.25) is 0 Å². The highest BCUT2D eigenvalue weighted by atomic mass is 16.3. The highest BCUT2D eigenvalue weighted by Crippen LogP contribution is 2.51. The van der Waals surface area contributed by atoms with E-state index >= 15 is 0 Å². The average Bonchev–Trinajstić information content (AvgIpc) is 1.96. The topological polar surface area (TPSA) is 20.2 Å². The summed E-state index contributed by atoms with van der Waals surface area (Å²) in [4.78, 5) is 0. The number of hydrogen-bond acceptors (Lipinski definition) is 1. The molecule has 0 radical (unpaired) electrons. The fraction of sp³-hybridized carbons (Fsp3) is 1.00. The maximum atomic E-state index is 10.1. The molecule has 1 aliphatic rings. The van der Waals surface area contributed by atoms with Crippen LogP contribution < -0.4 is 0 Å². The van der Waals surface area contributed by atoms with Gasteiger partial charge in [-0.05, 0) is 29.1 Å². The molecule has 78 valence electrons. The van der Waals surface area contributed by atoms with Crippen molar-refractivity contribution < 1.29 is 5.11 Å². The normalized spacial score (nSPS) is 43.2. The summed E-state index contributed by atoms with van der Waals surface area (Å²) in [5.41, 5.74) is 0.546. The van der Waals surface area contributed by atoms with Gasteiger partial charge in [0.05, 0.1) is 6.10 Å². The van der Waals surface area contributed by atoms with Crippen molar-refractivity contribution in [1.82, 2.24) is 0 Å². The molecule has 0 aromatic rings. The Morgan fingerprint density at radius 2 is 1.23 bits per heavy atom. The van der Waals surface area contributed by atoms with E-state index in [0.29, 0.717) is 11.8 Å².